The van der Waals surface area contributed by atoms with Crippen LogP contribution in [0, 0.1) is 0 Å². The summed E-state index contributed by atoms with van der Waals surface area (Å²) in [6.07, 6.45) is 1.11. The Morgan fingerprint density at radius 1 is 1.33 bits per heavy atom. The SMILES string of the molecule is CC(C)(C)OC(=O)N[C@H](Cc1cccc(-c2cc[nH]n2)c1)C(=O)O. The fourth-order valence-corrected chi connectivity index (χ4v) is 2.16. The van der Waals surface area contributed by atoms with Gasteiger partial charge in [0.25, 0.3) is 0 Å². The third-order valence-electron chi connectivity index (χ3n) is 3.15. The number of benzene rings is 1. The molecule has 7 heteroatoms. The lowest BCUT2D eigenvalue weighted by molar-refractivity contribution is -0.139. The van der Waals surface area contributed by atoms with Gasteiger partial charge in [0.2, 0.25) is 0 Å². The van der Waals surface area contributed by atoms with E-state index in [2.05, 4.69) is 15.5 Å². The predicted octanol–water partition coefficient (Wildman–Crippen LogP) is 2.60. The Morgan fingerprint density at radius 3 is 2.67 bits per heavy atom. The van der Waals surface area contributed by atoms with Gasteiger partial charge in [0.15, 0.2) is 0 Å². The third-order valence-corrected chi connectivity index (χ3v) is 3.15. The molecule has 1 atom stereocenters. The van der Waals surface area contributed by atoms with Crippen LogP contribution < -0.4 is 5.32 Å². The van der Waals surface area contributed by atoms with Crippen LogP contribution in [0.5, 0.6) is 0 Å². The number of hydrogen-bond donors (Lipinski definition) is 3. The van der Waals surface area contributed by atoms with E-state index in [1.54, 1.807) is 27.0 Å². The first kappa shape index (κ1) is 17.5. The Morgan fingerprint density at radius 2 is 2.08 bits per heavy atom. The molecule has 1 amide bonds. The van der Waals surface area contributed by atoms with Gasteiger partial charge in [-0.05, 0) is 38.5 Å². The molecule has 2 aromatic rings. The molecule has 1 aromatic carbocycles. The van der Waals surface area contributed by atoms with E-state index in [-0.39, 0.29) is 6.42 Å². The van der Waals surface area contributed by atoms with Crippen LogP contribution in [-0.2, 0) is 16.0 Å². The summed E-state index contributed by atoms with van der Waals surface area (Å²) in [5.41, 5.74) is 1.73. The number of aliphatic carboxylic acids is 1. The number of carboxylic acids is 1. The Balaban J connectivity index is 2.09. The minimum Gasteiger partial charge on any atom is -0.480 e. The number of aromatic amines is 1. The van der Waals surface area contributed by atoms with Crippen molar-refractivity contribution in [2.24, 2.45) is 0 Å². The van der Waals surface area contributed by atoms with Crippen LogP contribution in [0.15, 0.2) is 36.5 Å². The summed E-state index contributed by atoms with van der Waals surface area (Å²) < 4.78 is 5.11. The highest BCUT2D eigenvalue weighted by Crippen LogP contribution is 2.18. The first-order valence-electron chi connectivity index (χ1n) is 7.56. The van der Waals surface area contributed by atoms with E-state index in [4.69, 9.17) is 4.74 Å². The smallest absolute Gasteiger partial charge is 0.408 e. The van der Waals surface area contributed by atoms with E-state index in [9.17, 15) is 14.7 Å². The van der Waals surface area contributed by atoms with Gasteiger partial charge in [-0.25, -0.2) is 9.59 Å². The Hall–Kier alpha value is -2.83. The van der Waals surface area contributed by atoms with Gasteiger partial charge in [-0.15, -0.1) is 0 Å². The van der Waals surface area contributed by atoms with Gasteiger partial charge < -0.3 is 15.2 Å². The number of alkyl carbamates (subject to hydrolysis) is 1. The number of aromatic nitrogens is 2. The van der Waals surface area contributed by atoms with Crippen molar-refractivity contribution in [2.75, 3.05) is 0 Å². The summed E-state index contributed by atoms with van der Waals surface area (Å²) in [5.74, 6) is -1.12. The highest BCUT2D eigenvalue weighted by molar-refractivity contribution is 5.80. The fraction of sp³-hybridized carbons (Fsp3) is 0.353. The molecule has 0 saturated carbocycles. The minimum absolute atomic E-state index is 0.146. The van der Waals surface area contributed by atoms with E-state index in [1.807, 2.05) is 30.3 Å². The molecule has 24 heavy (non-hydrogen) atoms. The van der Waals surface area contributed by atoms with Crippen LogP contribution in [0.2, 0.25) is 0 Å². The lowest BCUT2D eigenvalue weighted by atomic mass is 10.0. The summed E-state index contributed by atoms with van der Waals surface area (Å²) in [7, 11) is 0. The van der Waals surface area contributed by atoms with Crippen molar-refractivity contribution >= 4 is 12.1 Å². The number of nitrogens with one attached hydrogen (secondary N) is 2. The summed E-state index contributed by atoms with van der Waals surface area (Å²) in [4.78, 5) is 23.2. The maximum absolute atomic E-state index is 11.8. The number of carbonyl (C=O) groups excluding carboxylic acids is 1. The molecule has 128 valence electrons. The molecule has 1 heterocycles. The maximum Gasteiger partial charge on any atom is 0.408 e. The van der Waals surface area contributed by atoms with Gasteiger partial charge in [-0.3, -0.25) is 5.10 Å². The molecule has 0 saturated heterocycles. The second kappa shape index (κ2) is 7.16. The van der Waals surface area contributed by atoms with Gasteiger partial charge in [-0.1, -0.05) is 18.2 Å². The average molecular weight is 331 g/mol. The van der Waals surface area contributed by atoms with Crippen LogP contribution in [-0.4, -0.2) is 39.0 Å². The quantitative estimate of drug-likeness (QED) is 0.781. The van der Waals surface area contributed by atoms with E-state index in [1.165, 1.54) is 0 Å². The van der Waals surface area contributed by atoms with Gasteiger partial charge in [0.1, 0.15) is 11.6 Å². The van der Waals surface area contributed by atoms with Gasteiger partial charge in [0.05, 0.1) is 5.69 Å². The lowest BCUT2D eigenvalue weighted by Crippen LogP contribution is -2.44. The molecular weight excluding hydrogens is 310 g/mol. The van der Waals surface area contributed by atoms with Crippen molar-refractivity contribution in [2.45, 2.75) is 38.8 Å². The predicted molar refractivity (Wildman–Crippen MR) is 88.5 cm³/mol. The largest absolute Gasteiger partial charge is 0.480 e. The highest BCUT2D eigenvalue weighted by Gasteiger charge is 2.24. The molecule has 7 nitrogen and oxygen atoms in total. The first-order chi connectivity index (χ1) is 11.2. The van der Waals surface area contributed by atoms with E-state index >= 15 is 0 Å². The molecule has 2 rings (SSSR count). The molecule has 0 bridgehead atoms. The molecule has 0 spiro atoms. The Bertz CT molecular complexity index is 705. The van der Waals surface area contributed by atoms with E-state index in [0.29, 0.717) is 0 Å². The van der Waals surface area contributed by atoms with Crippen molar-refractivity contribution in [3.63, 3.8) is 0 Å². The summed E-state index contributed by atoms with van der Waals surface area (Å²) in [5, 5.41) is 18.6. The number of hydrogen-bond acceptors (Lipinski definition) is 4. The van der Waals surface area contributed by atoms with E-state index in [0.717, 1.165) is 16.8 Å². The van der Waals surface area contributed by atoms with Crippen molar-refractivity contribution in [3.05, 3.63) is 42.1 Å². The molecule has 3 N–H and O–H groups in total. The molecule has 0 aliphatic carbocycles. The summed E-state index contributed by atoms with van der Waals surface area (Å²) in [6.45, 7) is 5.15. The Labute approximate surface area is 140 Å². The fourth-order valence-electron chi connectivity index (χ4n) is 2.16. The van der Waals surface area contributed by atoms with Gasteiger partial charge >= 0.3 is 12.1 Å². The molecular formula is C17H21N3O4. The number of ether oxygens (including phenoxy) is 1. The number of nitrogens with zero attached hydrogens (tertiary/aromatic N) is 1. The number of carbonyl (C=O) groups is 2. The zero-order chi connectivity index (χ0) is 17.7. The molecule has 0 unspecified atom stereocenters. The molecule has 0 fully saturated rings. The second-order valence-corrected chi connectivity index (χ2v) is 6.40. The summed E-state index contributed by atoms with van der Waals surface area (Å²) in [6, 6.07) is 8.12. The minimum atomic E-state index is -1.12. The lowest BCUT2D eigenvalue weighted by Gasteiger charge is -2.22. The van der Waals surface area contributed by atoms with Crippen molar-refractivity contribution < 1.29 is 19.4 Å². The normalized spacial score (nSPS) is 12.5. The molecule has 0 aliphatic heterocycles. The van der Waals surface area contributed by atoms with E-state index < -0.39 is 23.7 Å². The molecule has 0 radical (unpaired) electrons. The zero-order valence-electron chi connectivity index (χ0n) is 13.9. The number of rotatable bonds is 5. The van der Waals surface area contributed by atoms with Crippen LogP contribution in [0.3, 0.4) is 0 Å². The summed E-state index contributed by atoms with van der Waals surface area (Å²) >= 11 is 0. The highest BCUT2D eigenvalue weighted by atomic mass is 16.6. The first-order valence-corrected chi connectivity index (χ1v) is 7.56. The van der Waals surface area contributed by atoms with Crippen molar-refractivity contribution in [3.8, 4) is 11.3 Å². The molecule has 0 aliphatic rings. The van der Waals surface area contributed by atoms with Crippen LogP contribution >= 0.6 is 0 Å². The van der Waals surface area contributed by atoms with Crippen molar-refractivity contribution in [1.82, 2.24) is 15.5 Å². The Kier molecular flexibility index (Phi) is 5.23. The monoisotopic (exact) mass is 331 g/mol. The molecule has 1 aromatic heterocycles. The average Bonchev–Trinajstić information content (AvgIpc) is 2.99. The van der Waals surface area contributed by atoms with Crippen LogP contribution in [0.4, 0.5) is 4.79 Å². The van der Waals surface area contributed by atoms with Gasteiger partial charge in [0, 0.05) is 18.2 Å². The zero-order valence-corrected chi connectivity index (χ0v) is 13.9. The van der Waals surface area contributed by atoms with Crippen LogP contribution in [0.1, 0.15) is 26.3 Å². The standard InChI is InChI=1S/C17H21N3O4/c1-17(2,3)24-16(23)19-14(15(21)22)10-11-5-4-6-12(9-11)13-7-8-18-20-13/h4-9,14H,10H2,1-3H3,(H,18,20)(H,19,23)(H,21,22)/t14-/m1/s1. The van der Waals surface area contributed by atoms with Crippen LogP contribution in [0.25, 0.3) is 11.3 Å². The third kappa shape index (κ3) is 5.12. The number of H-pyrrole nitrogens is 1. The van der Waals surface area contributed by atoms with Crippen molar-refractivity contribution in [1.29, 1.82) is 0 Å². The topological polar surface area (TPSA) is 104 Å². The number of amides is 1. The number of carboxylic acid groups (broad SMARTS) is 1. The van der Waals surface area contributed by atoms with Gasteiger partial charge in [-0.2, -0.15) is 5.10 Å². The second-order valence-electron chi connectivity index (χ2n) is 6.40. The maximum atomic E-state index is 11.8.